The molecule has 7 nitrogen and oxygen atoms in total. The van der Waals surface area contributed by atoms with Crippen LogP contribution < -0.4 is 4.90 Å². The van der Waals surface area contributed by atoms with E-state index >= 15 is 0 Å². The number of ketones is 1. The van der Waals surface area contributed by atoms with Crippen molar-refractivity contribution < 1.29 is 28.6 Å². The maximum absolute atomic E-state index is 13.7. The summed E-state index contributed by atoms with van der Waals surface area (Å²) >= 11 is 0.913. The number of carbonyl (C=O) groups is 3. The number of aliphatic hydroxyl groups is 1. The maximum atomic E-state index is 13.7. The number of hydrogen-bond donors (Lipinski definition) is 1. The smallest absolute Gasteiger partial charge is 0.350 e. The Bertz CT molecular complexity index is 1310. The SMILES string of the molecule is CCOC(=O)c1sc(N2C(=O)C(=O)/C(=C(/O)c3ccc(C)cc3)[C@H]2c2ccc(F)cc2)nc1C. The minimum absolute atomic E-state index is 0.0972. The number of ether oxygens (including phenoxy) is 1. The van der Waals surface area contributed by atoms with Crippen molar-refractivity contribution in [2.75, 3.05) is 11.5 Å². The van der Waals surface area contributed by atoms with Crippen molar-refractivity contribution >= 4 is 39.9 Å². The van der Waals surface area contributed by atoms with E-state index in [1.165, 1.54) is 24.3 Å². The molecule has 0 unspecified atom stereocenters. The highest BCUT2D eigenvalue weighted by Gasteiger charge is 2.48. The molecule has 1 amide bonds. The van der Waals surface area contributed by atoms with Gasteiger partial charge in [0.25, 0.3) is 5.78 Å². The monoisotopic (exact) mass is 480 g/mol. The van der Waals surface area contributed by atoms with Crippen LogP contribution in [0.25, 0.3) is 5.76 Å². The molecule has 1 aliphatic heterocycles. The Hall–Kier alpha value is -3.85. The number of hydrogen-bond acceptors (Lipinski definition) is 7. The van der Waals surface area contributed by atoms with Crippen molar-refractivity contribution in [2.45, 2.75) is 26.8 Å². The lowest BCUT2D eigenvalue weighted by Crippen LogP contribution is -2.29. The van der Waals surface area contributed by atoms with Gasteiger partial charge in [0.2, 0.25) is 0 Å². The Balaban J connectivity index is 1.90. The van der Waals surface area contributed by atoms with Crippen molar-refractivity contribution in [3.63, 3.8) is 0 Å². The standard InChI is InChI=1S/C25H21FN2O5S/c1-4-33-24(32)22-14(3)27-25(34-22)28-19(15-9-11-17(26)12-10-15)18(21(30)23(28)31)20(29)16-7-5-13(2)6-8-16/h5-12,19,29H,4H2,1-3H3/b20-18+/t19-/m1/s1. The molecule has 174 valence electrons. The molecule has 1 atom stereocenters. The van der Waals surface area contributed by atoms with E-state index in [2.05, 4.69) is 4.98 Å². The first kappa shape index (κ1) is 23.3. The average molecular weight is 481 g/mol. The number of rotatable bonds is 5. The Morgan fingerprint density at radius 2 is 1.76 bits per heavy atom. The predicted octanol–water partition coefficient (Wildman–Crippen LogP) is 4.70. The summed E-state index contributed by atoms with van der Waals surface area (Å²) in [6.45, 7) is 5.32. The maximum Gasteiger partial charge on any atom is 0.350 e. The molecule has 0 aliphatic carbocycles. The third-order valence-corrected chi connectivity index (χ3v) is 6.54. The van der Waals surface area contributed by atoms with E-state index in [1.807, 2.05) is 6.92 Å². The van der Waals surface area contributed by atoms with Crippen LogP contribution in [0.4, 0.5) is 9.52 Å². The van der Waals surface area contributed by atoms with Gasteiger partial charge < -0.3 is 9.84 Å². The number of esters is 1. The fraction of sp³-hybridized carbons (Fsp3) is 0.200. The second-order valence-corrected chi connectivity index (χ2v) is 8.70. The van der Waals surface area contributed by atoms with Crippen LogP contribution in [0.2, 0.25) is 0 Å². The van der Waals surface area contributed by atoms with Crippen LogP contribution in [0, 0.1) is 19.7 Å². The molecule has 1 N–H and O–H groups in total. The van der Waals surface area contributed by atoms with E-state index < -0.39 is 29.5 Å². The predicted molar refractivity (Wildman–Crippen MR) is 125 cm³/mol. The minimum atomic E-state index is -1.07. The molecule has 4 rings (SSSR count). The molecule has 1 aromatic heterocycles. The lowest BCUT2D eigenvalue weighted by atomic mass is 9.95. The van der Waals surface area contributed by atoms with E-state index in [0.29, 0.717) is 16.8 Å². The Labute approximate surface area is 199 Å². The van der Waals surface area contributed by atoms with Gasteiger partial charge in [-0.3, -0.25) is 14.5 Å². The number of nitrogens with zero attached hydrogens (tertiary/aromatic N) is 2. The normalized spacial score (nSPS) is 17.3. The molecule has 0 radical (unpaired) electrons. The van der Waals surface area contributed by atoms with Crippen LogP contribution in [-0.2, 0) is 14.3 Å². The number of aliphatic hydroxyl groups excluding tert-OH is 1. The number of Topliss-reactive ketones (excluding diaryl/α,β-unsaturated/α-hetero) is 1. The van der Waals surface area contributed by atoms with Crippen LogP contribution in [-0.4, -0.2) is 34.4 Å². The molecule has 1 fully saturated rings. The van der Waals surface area contributed by atoms with E-state index in [-0.39, 0.29) is 27.9 Å². The van der Waals surface area contributed by atoms with Crippen LogP contribution >= 0.6 is 11.3 Å². The molecule has 2 heterocycles. The van der Waals surface area contributed by atoms with E-state index in [0.717, 1.165) is 21.8 Å². The zero-order valence-corrected chi connectivity index (χ0v) is 19.5. The largest absolute Gasteiger partial charge is 0.507 e. The first-order chi connectivity index (χ1) is 16.2. The highest BCUT2D eigenvalue weighted by atomic mass is 32.1. The number of benzene rings is 2. The summed E-state index contributed by atoms with van der Waals surface area (Å²) in [7, 11) is 0. The van der Waals surface area contributed by atoms with Crippen molar-refractivity contribution in [1.82, 2.24) is 4.98 Å². The Morgan fingerprint density at radius 1 is 1.12 bits per heavy atom. The van der Waals surface area contributed by atoms with Gasteiger partial charge in [-0.15, -0.1) is 0 Å². The summed E-state index contributed by atoms with van der Waals surface area (Å²) in [6.07, 6.45) is 0. The zero-order chi connectivity index (χ0) is 24.6. The van der Waals surface area contributed by atoms with Crippen molar-refractivity contribution in [2.24, 2.45) is 0 Å². The van der Waals surface area contributed by atoms with Crippen LogP contribution in [0.5, 0.6) is 0 Å². The molecule has 0 spiro atoms. The van der Waals surface area contributed by atoms with Gasteiger partial charge in [0.1, 0.15) is 16.5 Å². The van der Waals surface area contributed by atoms with Gasteiger partial charge in [-0.1, -0.05) is 53.3 Å². The minimum Gasteiger partial charge on any atom is -0.507 e. The number of anilines is 1. The van der Waals surface area contributed by atoms with Gasteiger partial charge in [0, 0.05) is 5.56 Å². The second-order valence-electron chi connectivity index (χ2n) is 7.72. The summed E-state index contributed by atoms with van der Waals surface area (Å²) < 4.78 is 18.7. The van der Waals surface area contributed by atoms with Crippen molar-refractivity contribution in [1.29, 1.82) is 0 Å². The fourth-order valence-electron chi connectivity index (χ4n) is 3.73. The Morgan fingerprint density at radius 3 is 2.38 bits per heavy atom. The number of aromatic nitrogens is 1. The van der Waals surface area contributed by atoms with Gasteiger partial charge in [-0.2, -0.15) is 0 Å². The summed E-state index contributed by atoms with van der Waals surface area (Å²) in [5, 5.41) is 11.2. The molecular formula is C25H21FN2O5S. The molecule has 0 bridgehead atoms. The number of carbonyl (C=O) groups excluding carboxylic acids is 3. The van der Waals surface area contributed by atoms with Gasteiger partial charge in [0.05, 0.1) is 23.9 Å². The molecule has 9 heteroatoms. The number of thiazole rings is 1. The van der Waals surface area contributed by atoms with Crippen LogP contribution in [0.15, 0.2) is 54.1 Å². The second kappa shape index (κ2) is 9.18. The summed E-state index contributed by atoms with van der Waals surface area (Å²) in [5.74, 6) is -3.24. The molecular weight excluding hydrogens is 459 g/mol. The summed E-state index contributed by atoms with van der Waals surface area (Å²) in [4.78, 5) is 44.3. The molecule has 1 saturated heterocycles. The third kappa shape index (κ3) is 4.10. The lowest BCUT2D eigenvalue weighted by molar-refractivity contribution is -0.132. The Kier molecular flexibility index (Phi) is 6.30. The molecule has 2 aromatic carbocycles. The number of aryl methyl sites for hydroxylation is 2. The van der Waals surface area contributed by atoms with Gasteiger partial charge in [-0.25, -0.2) is 14.2 Å². The average Bonchev–Trinajstić information content (AvgIpc) is 3.31. The topological polar surface area (TPSA) is 96.8 Å². The van der Waals surface area contributed by atoms with Crippen molar-refractivity contribution in [3.8, 4) is 0 Å². The highest BCUT2D eigenvalue weighted by Crippen LogP contribution is 2.44. The summed E-state index contributed by atoms with van der Waals surface area (Å²) in [5.41, 5.74) is 1.91. The third-order valence-electron chi connectivity index (χ3n) is 5.41. The van der Waals surface area contributed by atoms with Crippen LogP contribution in [0.3, 0.4) is 0 Å². The lowest BCUT2D eigenvalue weighted by Gasteiger charge is -2.23. The first-order valence-corrected chi connectivity index (χ1v) is 11.3. The first-order valence-electron chi connectivity index (χ1n) is 10.5. The summed E-state index contributed by atoms with van der Waals surface area (Å²) in [6, 6.07) is 11.1. The van der Waals surface area contributed by atoms with Crippen LogP contribution in [0.1, 0.15) is 45.0 Å². The molecule has 3 aromatic rings. The van der Waals surface area contributed by atoms with E-state index in [1.54, 1.807) is 38.1 Å². The van der Waals surface area contributed by atoms with Crippen molar-refractivity contribution in [3.05, 3.63) is 87.2 Å². The quantitative estimate of drug-likeness (QED) is 0.246. The van der Waals surface area contributed by atoms with Gasteiger partial charge in [0.15, 0.2) is 5.13 Å². The van der Waals surface area contributed by atoms with E-state index in [9.17, 15) is 23.9 Å². The highest BCUT2D eigenvalue weighted by molar-refractivity contribution is 7.17. The molecule has 34 heavy (non-hydrogen) atoms. The molecule has 1 aliphatic rings. The van der Waals surface area contributed by atoms with Gasteiger partial charge >= 0.3 is 11.9 Å². The molecule has 0 saturated carbocycles. The van der Waals surface area contributed by atoms with E-state index in [4.69, 9.17) is 4.74 Å². The number of halogens is 1. The fourth-order valence-corrected chi connectivity index (χ4v) is 4.72. The van der Waals surface area contributed by atoms with Gasteiger partial charge in [-0.05, 0) is 38.5 Å². The zero-order valence-electron chi connectivity index (χ0n) is 18.7. The number of amides is 1.